The van der Waals surface area contributed by atoms with Crippen molar-refractivity contribution in [1.82, 2.24) is 20.2 Å². The highest BCUT2D eigenvalue weighted by Crippen LogP contribution is 2.15. The van der Waals surface area contributed by atoms with Gasteiger partial charge in [0, 0.05) is 18.4 Å². The fourth-order valence-corrected chi connectivity index (χ4v) is 1.53. The van der Waals surface area contributed by atoms with E-state index in [2.05, 4.69) is 22.1 Å². The highest BCUT2D eigenvalue weighted by Gasteiger charge is 2.10. The molecule has 0 aliphatic carbocycles. The SMILES string of the molecule is C=C(CSc1nnnn1C)C(=O)OCC. The summed E-state index contributed by atoms with van der Waals surface area (Å²) in [6.07, 6.45) is 0. The Morgan fingerprint density at radius 1 is 1.67 bits per heavy atom. The molecule has 1 heterocycles. The topological polar surface area (TPSA) is 69.9 Å². The van der Waals surface area contributed by atoms with Crippen molar-refractivity contribution in [3.63, 3.8) is 0 Å². The van der Waals surface area contributed by atoms with Crippen LogP contribution in [-0.2, 0) is 16.6 Å². The van der Waals surface area contributed by atoms with Crippen molar-refractivity contribution in [3.8, 4) is 0 Å². The Labute approximate surface area is 91.7 Å². The molecule has 0 N–H and O–H groups in total. The van der Waals surface area contributed by atoms with Gasteiger partial charge in [0.25, 0.3) is 0 Å². The lowest BCUT2D eigenvalue weighted by molar-refractivity contribution is -0.138. The van der Waals surface area contributed by atoms with Crippen LogP contribution in [0.25, 0.3) is 0 Å². The summed E-state index contributed by atoms with van der Waals surface area (Å²) in [5.74, 6) is 0.0488. The number of nitrogens with zero attached hydrogens (tertiary/aromatic N) is 4. The third kappa shape index (κ3) is 3.35. The first kappa shape index (κ1) is 11.7. The number of thioether (sulfide) groups is 1. The lowest BCUT2D eigenvalue weighted by Crippen LogP contribution is -2.08. The molecular formula is C8H12N4O2S. The zero-order valence-corrected chi connectivity index (χ0v) is 9.45. The molecule has 6 nitrogen and oxygen atoms in total. The van der Waals surface area contributed by atoms with E-state index in [9.17, 15) is 4.79 Å². The van der Waals surface area contributed by atoms with E-state index in [1.807, 2.05) is 0 Å². The molecule has 0 saturated carbocycles. The van der Waals surface area contributed by atoms with Gasteiger partial charge < -0.3 is 4.74 Å². The van der Waals surface area contributed by atoms with Gasteiger partial charge in [0.15, 0.2) is 0 Å². The van der Waals surface area contributed by atoms with Crippen LogP contribution in [0.5, 0.6) is 0 Å². The molecule has 7 heteroatoms. The highest BCUT2D eigenvalue weighted by molar-refractivity contribution is 7.99. The first-order valence-electron chi connectivity index (χ1n) is 4.35. The van der Waals surface area contributed by atoms with Crippen molar-refractivity contribution >= 4 is 17.7 Å². The summed E-state index contributed by atoms with van der Waals surface area (Å²) in [5.41, 5.74) is 0.407. The van der Waals surface area contributed by atoms with Crippen molar-refractivity contribution in [1.29, 1.82) is 0 Å². The summed E-state index contributed by atoms with van der Waals surface area (Å²) in [6, 6.07) is 0. The Bertz CT molecular complexity index is 363. The number of hydrogen-bond donors (Lipinski definition) is 0. The van der Waals surface area contributed by atoms with E-state index in [-0.39, 0.29) is 5.97 Å². The average Bonchev–Trinajstić information content (AvgIpc) is 2.61. The molecule has 0 amide bonds. The molecule has 0 radical (unpaired) electrons. The number of aryl methyl sites for hydroxylation is 1. The van der Waals surface area contributed by atoms with Crippen molar-refractivity contribution in [2.24, 2.45) is 7.05 Å². The summed E-state index contributed by atoms with van der Waals surface area (Å²) < 4.78 is 6.32. The first-order valence-corrected chi connectivity index (χ1v) is 5.33. The van der Waals surface area contributed by atoms with Gasteiger partial charge in [-0.25, -0.2) is 9.48 Å². The molecule has 0 bridgehead atoms. The summed E-state index contributed by atoms with van der Waals surface area (Å²) in [4.78, 5) is 11.2. The molecule has 0 fully saturated rings. The monoisotopic (exact) mass is 228 g/mol. The fourth-order valence-electron chi connectivity index (χ4n) is 0.787. The molecule has 15 heavy (non-hydrogen) atoms. The van der Waals surface area contributed by atoms with E-state index in [0.29, 0.717) is 23.1 Å². The largest absolute Gasteiger partial charge is 0.463 e. The minimum Gasteiger partial charge on any atom is -0.463 e. The second kappa shape index (κ2) is 5.50. The molecule has 1 rings (SSSR count). The van der Waals surface area contributed by atoms with Crippen LogP contribution in [0.3, 0.4) is 0 Å². The Morgan fingerprint density at radius 2 is 2.40 bits per heavy atom. The van der Waals surface area contributed by atoms with E-state index in [0.717, 1.165) is 0 Å². The quantitative estimate of drug-likeness (QED) is 0.413. The normalized spacial score (nSPS) is 10.0. The molecule has 0 aliphatic rings. The van der Waals surface area contributed by atoms with Gasteiger partial charge in [0.2, 0.25) is 5.16 Å². The predicted octanol–water partition coefficient (Wildman–Crippen LogP) is 0.421. The number of carbonyl (C=O) groups is 1. The Kier molecular flexibility index (Phi) is 4.29. The summed E-state index contributed by atoms with van der Waals surface area (Å²) in [5, 5.41) is 11.5. The summed E-state index contributed by atoms with van der Waals surface area (Å²) in [6.45, 7) is 5.74. The van der Waals surface area contributed by atoms with Gasteiger partial charge >= 0.3 is 5.97 Å². The van der Waals surface area contributed by atoms with Gasteiger partial charge in [-0.2, -0.15) is 0 Å². The Balaban J connectivity index is 2.41. The molecule has 0 atom stereocenters. The third-order valence-corrected chi connectivity index (χ3v) is 2.62. The lowest BCUT2D eigenvalue weighted by Gasteiger charge is -2.03. The average molecular weight is 228 g/mol. The zero-order valence-electron chi connectivity index (χ0n) is 8.63. The molecule has 0 saturated heterocycles. The first-order chi connectivity index (χ1) is 7.15. The van der Waals surface area contributed by atoms with Crippen LogP contribution in [0.1, 0.15) is 6.92 Å². The van der Waals surface area contributed by atoms with Crippen LogP contribution in [0, 0.1) is 0 Å². The molecule has 0 aliphatic heterocycles. The van der Waals surface area contributed by atoms with E-state index in [1.54, 1.807) is 14.0 Å². The summed E-state index contributed by atoms with van der Waals surface area (Å²) >= 11 is 1.34. The number of ether oxygens (including phenoxy) is 1. The maximum absolute atomic E-state index is 11.2. The number of rotatable bonds is 5. The van der Waals surface area contributed by atoms with E-state index in [1.165, 1.54) is 16.4 Å². The van der Waals surface area contributed by atoms with Crippen LogP contribution >= 0.6 is 11.8 Å². The third-order valence-electron chi connectivity index (χ3n) is 1.52. The van der Waals surface area contributed by atoms with Gasteiger partial charge in [-0.05, 0) is 17.4 Å². The van der Waals surface area contributed by atoms with Crippen molar-refractivity contribution in [3.05, 3.63) is 12.2 Å². The Morgan fingerprint density at radius 3 is 2.93 bits per heavy atom. The number of aromatic nitrogens is 4. The van der Waals surface area contributed by atoms with Gasteiger partial charge in [-0.15, -0.1) is 5.10 Å². The number of tetrazole rings is 1. The minimum absolute atomic E-state index is 0.355. The standard InChI is InChI=1S/C8H12N4O2S/c1-4-14-7(13)6(2)5-15-8-9-10-11-12(8)3/h2,4-5H2,1,3H3. The second-order valence-corrected chi connectivity index (χ2v) is 3.64. The molecule has 0 aromatic carbocycles. The second-order valence-electron chi connectivity index (χ2n) is 2.70. The predicted molar refractivity (Wildman–Crippen MR) is 55.3 cm³/mol. The van der Waals surface area contributed by atoms with Crippen molar-refractivity contribution in [2.75, 3.05) is 12.4 Å². The van der Waals surface area contributed by atoms with Crippen LogP contribution in [0.15, 0.2) is 17.3 Å². The molecule has 0 unspecified atom stereocenters. The van der Waals surface area contributed by atoms with Gasteiger partial charge in [0.05, 0.1) is 6.61 Å². The van der Waals surface area contributed by atoms with E-state index < -0.39 is 0 Å². The molecule has 1 aromatic heterocycles. The van der Waals surface area contributed by atoms with E-state index in [4.69, 9.17) is 4.74 Å². The van der Waals surface area contributed by atoms with E-state index >= 15 is 0 Å². The van der Waals surface area contributed by atoms with Gasteiger partial charge in [0.1, 0.15) is 0 Å². The molecule has 82 valence electrons. The van der Waals surface area contributed by atoms with Crippen molar-refractivity contribution < 1.29 is 9.53 Å². The highest BCUT2D eigenvalue weighted by atomic mass is 32.2. The Hall–Kier alpha value is -1.37. The number of hydrogen-bond acceptors (Lipinski definition) is 6. The van der Waals surface area contributed by atoms with Crippen LogP contribution in [-0.4, -0.2) is 38.5 Å². The maximum atomic E-state index is 11.2. The lowest BCUT2D eigenvalue weighted by atomic mass is 10.4. The summed E-state index contributed by atoms with van der Waals surface area (Å²) in [7, 11) is 1.73. The fraction of sp³-hybridized carbons (Fsp3) is 0.500. The smallest absolute Gasteiger partial charge is 0.334 e. The molecule has 0 spiro atoms. The zero-order chi connectivity index (χ0) is 11.3. The van der Waals surface area contributed by atoms with Crippen LogP contribution < -0.4 is 0 Å². The molecule has 1 aromatic rings. The maximum Gasteiger partial charge on any atom is 0.334 e. The van der Waals surface area contributed by atoms with Gasteiger partial charge in [-0.3, -0.25) is 0 Å². The number of carbonyl (C=O) groups excluding carboxylic acids is 1. The van der Waals surface area contributed by atoms with Crippen LogP contribution in [0.2, 0.25) is 0 Å². The molecular weight excluding hydrogens is 216 g/mol. The van der Waals surface area contributed by atoms with Crippen molar-refractivity contribution in [2.45, 2.75) is 12.1 Å². The van der Waals surface area contributed by atoms with Crippen LogP contribution in [0.4, 0.5) is 0 Å². The van der Waals surface area contributed by atoms with Gasteiger partial charge in [-0.1, -0.05) is 18.3 Å². The minimum atomic E-state index is -0.375. The number of esters is 1.